The maximum absolute atomic E-state index is 12.5. The van der Waals surface area contributed by atoms with Gasteiger partial charge in [-0.1, -0.05) is 6.42 Å². The maximum Gasteiger partial charge on any atom is 0.204 e. The topological polar surface area (TPSA) is 47.5 Å². The van der Waals surface area contributed by atoms with Crippen molar-refractivity contribution < 1.29 is 9.21 Å². The van der Waals surface area contributed by atoms with Gasteiger partial charge in [-0.15, -0.1) is 11.3 Å². The number of fused-ring (bicyclic) bond motifs is 3. The number of ketones is 1. The molecule has 3 aromatic heterocycles. The third-order valence-electron chi connectivity index (χ3n) is 4.08. The molecule has 5 heteroatoms. The van der Waals surface area contributed by atoms with Gasteiger partial charge < -0.3 is 4.42 Å². The zero-order chi connectivity index (χ0) is 14.9. The Hall–Kier alpha value is -2.14. The predicted molar refractivity (Wildman–Crippen MR) is 86.4 cm³/mol. The fourth-order valence-corrected chi connectivity index (χ4v) is 4.15. The number of rotatable bonds is 3. The molecule has 1 aliphatic carbocycles. The van der Waals surface area contributed by atoms with Crippen molar-refractivity contribution in [2.24, 2.45) is 0 Å². The summed E-state index contributed by atoms with van der Waals surface area (Å²) < 4.78 is 7.07. The van der Waals surface area contributed by atoms with Crippen LogP contribution in [0.3, 0.4) is 0 Å². The zero-order valence-electron chi connectivity index (χ0n) is 12.1. The number of imidazole rings is 1. The Bertz CT molecular complexity index is 840. The summed E-state index contributed by atoms with van der Waals surface area (Å²) in [5.41, 5.74) is 2.84. The Morgan fingerprint density at radius 3 is 3.09 bits per heavy atom. The average molecular weight is 312 g/mol. The molecule has 0 saturated carbocycles. The summed E-state index contributed by atoms with van der Waals surface area (Å²) in [6.45, 7) is 0. The first-order valence-corrected chi connectivity index (χ1v) is 8.37. The lowest BCUT2D eigenvalue weighted by atomic mass is 10.2. The van der Waals surface area contributed by atoms with E-state index < -0.39 is 0 Å². The lowest BCUT2D eigenvalue weighted by molar-refractivity contribution is 0.104. The molecule has 0 aromatic carbocycles. The first kappa shape index (κ1) is 13.5. The van der Waals surface area contributed by atoms with Crippen LogP contribution in [0.25, 0.3) is 11.0 Å². The second kappa shape index (κ2) is 5.57. The van der Waals surface area contributed by atoms with Crippen molar-refractivity contribution in [2.45, 2.75) is 32.1 Å². The number of aromatic nitrogens is 2. The van der Waals surface area contributed by atoms with Gasteiger partial charge in [0.1, 0.15) is 5.69 Å². The quantitative estimate of drug-likeness (QED) is 0.414. The van der Waals surface area contributed by atoms with Crippen molar-refractivity contribution in [1.29, 1.82) is 0 Å². The predicted octanol–water partition coefficient (Wildman–Crippen LogP) is 4.15. The summed E-state index contributed by atoms with van der Waals surface area (Å²) in [5, 5.41) is 0. The molecule has 1 aliphatic rings. The molecule has 0 saturated heterocycles. The van der Waals surface area contributed by atoms with Gasteiger partial charge in [-0.25, -0.2) is 4.98 Å². The number of nitrogens with zero attached hydrogens (tertiary/aromatic N) is 2. The van der Waals surface area contributed by atoms with Crippen LogP contribution >= 0.6 is 11.3 Å². The van der Waals surface area contributed by atoms with Crippen LogP contribution in [0.1, 0.15) is 45.9 Å². The number of thiazole rings is 1. The lowest BCUT2D eigenvalue weighted by Gasteiger charge is -2.01. The first-order valence-electron chi connectivity index (χ1n) is 7.55. The third kappa shape index (κ3) is 2.31. The van der Waals surface area contributed by atoms with Gasteiger partial charge in [0.25, 0.3) is 0 Å². The standard InChI is InChI=1S/C17H16N2O2S/c20-15(7-6-12-8-9-21-11-12)14-10-18-17-19(14)13-4-2-1-3-5-16(13)22-17/h6-11H,1-5H2/b7-6+. The van der Waals surface area contributed by atoms with Crippen LogP contribution in [0, 0.1) is 0 Å². The average Bonchev–Trinajstić information content (AvgIpc) is 3.20. The van der Waals surface area contributed by atoms with E-state index in [2.05, 4.69) is 9.38 Å². The van der Waals surface area contributed by atoms with Crippen molar-refractivity contribution in [3.8, 4) is 0 Å². The molecule has 0 radical (unpaired) electrons. The molecule has 0 atom stereocenters. The van der Waals surface area contributed by atoms with E-state index in [1.807, 2.05) is 6.07 Å². The van der Waals surface area contributed by atoms with Gasteiger partial charge in [0.2, 0.25) is 5.78 Å². The van der Waals surface area contributed by atoms with Gasteiger partial charge >= 0.3 is 0 Å². The van der Waals surface area contributed by atoms with Crippen LogP contribution in [0.4, 0.5) is 0 Å². The van der Waals surface area contributed by atoms with Crippen LogP contribution in [0.5, 0.6) is 0 Å². The van der Waals surface area contributed by atoms with Gasteiger partial charge in [-0.2, -0.15) is 0 Å². The SMILES string of the molecule is O=C(/C=C/c1ccoc1)c1cnc2sc3c(n12)CCCCC3. The van der Waals surface area contributed by atoms with E-state index in [-0.39, 0.29) is 5.78 Å². The number of furan rings is 1. The first-order chi connectivity index (χ1) is 10.8. The minimum atomic E-state index is -0.0152. The number of aryl methyl sites for hydroxylation is 2. The number of allylic oxidation sites excluding steroid dienone is 1. The van der Waals surface area contributed by atoms with Crippen molar-refractivity contribution >= 4 is 28.2 Å². The summed E-state index contributed by atoms with van der Waals surface area (Å²) in [5.74, 6) is -0.0152. The van der Waals surface area contributed by atoms with Gasteiger partial charge in [-0.3, -0.25) is 9.20 Å². The molecule has 0 N–H and O–H groups in total. The van der Waals surface area contributed by atoms with Crippen molar-refractivity contribution in [1.82, 2.24) is 9.38 Å². The van der Waals surface area contributed by atoms with Crippen molar-refractivity contribution in [3.63, 3.8) is 0 Å². The summed E-state index contributed by atoms with van der Waals surface area (Å²) in [4.78, 5) is 19.3. The fourth-order valence-electron chi connectivity index (χ4n) is 2.96. The largest absolute Gasteiger partial charge is 0.472 e. The number of carbonyl (C=O) groups is 1. The van der Waals surface area contributed by atoms with Gasteiger partial charge in [-0.05, 0) is 43.9 Å². The Balaban J connectivity index is 1.72. The Morgan fingerprint density at radius 2 is 2.23 bits per heavy atom. The van der Waals surface area contributed by atoms with E-state index in [0.717, 1.165) is 23.4 Å². The zero-order valence-corrected chi connectivity index (χ0v) is 12.9. The van der Waals surface area contributed by atoms with Crippen LogP contribution in [0.2, 0.25) is 0 Å². The molecule has 0 fully saturated rings. The molecule has 22 heavy (non-hydrogen) atoms. The Labute approximate surface area is 132 Å². The third-order valence-corrected chi connectivity index (χ3v) is 5.23. The summed E-state index contributed by atoms with van der Waals surface area (Å²) in [6.07, 6.45) is 14.1. The molecule has 0 spiro atoms. The Morgan fingerprint density at radius 1 is 1.32 bits per heavy atom. The Kier molecular flexibility index (Phi) is 3.42. The van der Waals surface area contributed by atoms with Crippen molar-refractivity contribution in [2.75, 3.05) is 0 Å². The van der Waals surface area contributed by atoms with E-state index in [0.29, 0.717) is 5.69 Å². The van der Waals surface area contributed by atoms with Gasteiger partial charge in [0, 0.05) is 16.1 Å². The molecular weight excluding hydrogens is 296 g/mol. The second-order valence-electron chi connectivity index (χ2n) is 5.55. The highest BCUT2D eigenvalue weighted by molar-refractivity contribution is 7.17. The number of hydrogen-bond acceptors (Lipinski definition) is 4. The molecule has 0 amide bonds. The van der Waals surface area contributed by atoms with Crippen LogP contribution in [0.15, 0.2) is 35.3 Å². The highest BCUT2D eigenvalue weighted by atomic mass is 32.1. The smallest absolute Gasteiger partial charge is 0.204 e. The summed E-state index contributed by atoms with van der Waals surface area (Å²) in [6, 6.07) is 1.83. The van der Waals surface area contributed by atoms with Crippen LogP contribution in [-0.4, -0.2) is 15.2 Å². The molecule has 4 rings (SSSR count). The normalized spacial score (nSPS) is 15.3. The van der Waals surface area contributed by atoms with E-state index >= 15 is 0 Å². The maximum atomic E-state index is 12.5. The van der Waals surface area contributed by atoms with E-state index in [1.165, 1.54) is 29.8 Å². The molecule has 112 valence electrons. The van der Waals surface area contributed by atoms with E-state index in [1.54, 1.807) is 42.2 Å². The highest BCUT2D eigenvalue weighted by Gasteiger charge is 2.20. The molecule has 0 aliphatic heterocycles. The van der Waals surface area contributed by atoms with E-state index in [9.17, 15) is 4.79 Å². The lowest BCUT2D eigenvalue weighted by Crippen LogP contribution is -2.03. The molecular formula is C17H16N2O2S. The van der Waals surface area contributed by atoms with Crippen LogP contribution in [-0.2, 0) is 12.8 Å². The minimum Gasteiger partial charge on any atom is -0.472 e. The molecule has 0 bridgehead atoms. The van der Waals surface area contributed by atoms with Gasteiger partial charge in [0.15, 0.2) is 4.96 Å². The molecule has 0 unspecified atom stereocenters. The second-order valence-corrected chi connectivity index (χ2v) is 6.61. The molecule has 3 heterocycles. The summed E-state index contributed by atoms with van der Waals surface area (Å²) in [7, 11) is 0. The monoisotopic (exact) mass is 312 g/mol. The fraction of sp³-hybridized carbons (Fsp3) is 0.294. The molecule has 4 nitrogen and oxygen atoms in total. The van der Waals surface area contributed by atoms with E-state index in [4.69, 9.17) is 4.42 Å². The number of hydrogen-bond donors (Lipinski definition) is 0. The summed E-state index contributed by atoms with van der Waals surface area (Å²) >= 11 is 1.73. The van der Waals surface area contributed by atoms with Gasteiger partial charge in [0.05, 0.1) is 18.7 Å². The number of carbonyl (C=O) groups excluding carboxylic acids is 1. The molecule has 3 aromatic rings. The minimum absolute atomic E-state index is 0.0152. The van der Waals surface area contributed by atoms with Crippen molar-refractivity contribution in [3.05, 3.63) is 52.7 Å². The highest BCUT2D eigenvalue weighted by Crippen LogP contribution is 2.30. The van der Waals surface area contributed by atoms with Crippen LogP contribution < -0.4 is 0 Å².